The Kier molecular flexibility index (Phi) is 8.03. The second-order valence-electron chi connectivity index (χ2n) is 9.63. The van der Waals surface area contributed by atoms with Gasteiger partial charge in [0.1, 0.15) is 5.58 Å². The lowest BCUT2D eigenvalue weighted by molar-refractivity contribution is -0.139. The number of likely N-dealkylation sites (tertiary alicyclic amines) is 1. The third-order valence-electron chi connectivity index (χ3n) is 7.01. The summed E-state index contributed by atoms with van der Waals surface area (Å²) in [6.07, 6.45) is 1.56. The van der Waals surface area contributed by atoms with Crippen molar-refractivity contribution in [2.24, 2.45) is 4.99 Å². The van der Waals surface area contributed by atoms with E-state index in [0.717, 1.165) is 5.39 Å². The minimum absolute atomic E-state index is 0.0243. The number of rotatable bonds is 5. The molecule has 14 heteroatoms. The summed E-state index contributed by atoms with van der Waals surface area (Å²) in [6, 6.07) is 8.58. The molecule has 1 aromatic heterocycles. The first-order chi connectivity index (χ1) is 19.7. The number of amides is 2. The molecule has 41 heavy (non-hydrogen) atoms. The molecular formula is C27H24Cl2N6O6. The molecule has 1 saturated heterocycles. The first kappa shape index (κ1) is 28.2. The second-order valence-corrected chi connectivity index (χ2v) is 10.4. The van der Waals surface area contributed by atoms with Crippen molar-refractivity contribution in [3.63, 3.8) is 0 Å². The summed E-state index contributed by atoms with van der Waals surface area (Å²) in [7, 11) is 0. The molecule has 0 saturated carbocycles. The summed E-state index contributed by atoms with van der Waals surface area (Å²) in [5.41, 5.74) is 2.24. The van der Waals surface area contributed by atoms with E-state index in [1.807, 2.05) is 12.1 Å². The van der Waals surface area contributed by atoms with Crippen LogP contribution in [0.3, 0.4) is 0 Å². The predicted octanol–water partition coefficient (Wildman–Crippen LogP) is 2.57. The van der Waals surface area contributed by atoms with Crippen molar-refractivity contribution in [2.45, 2.75) is 31.7 Å². The number of hydrogen-bond donors (Lipinski definition) is 4. The fourth-order valence-electron chi connectivity index (χ4n) is 4.95. The Morgan fingerprint density at radius 1 is 1.17 bits per heavy atom. The first-order valence-corrected chi connectivity index (χ1v) is 13.4. The van der Waals surface area contributed by atoms with Crippen LogP contribution in [0.2, 0.25) is 10.0 Å². The van der Waals surface area contributed by atoms with Crippen LogP contribution in [-0.4, -0.2) is 75.7 Å². The number of aliphatic hydroxyl groups excluding tert-OH is 1. The molecular weight excluding hydrogens is 575 g/mol. The Morgan fingerprint density at radius 3 is 2.68 bits per heavy atom. The molecule has 5 rings (SSSR count). The van der Waals surface area contributed by atoms with Crippen LogP contribution in [0.5, 0.6) is 0 Å². The van der Waals surface area contributed by atoms with Gasteiger partial charge in [0, 0.05) is 37.1 Å². The average molecular weight is 599 g/mol. The summed E-state index contributed by atoms with van der Waals surface area (Å²) >= 11 is 13.1. The van der Waals surface area contributed by atoms with Gasteiger partial charge < -0.3 is 29.7 Å². The molecule has 1 fully saturated rings. The number of nitrogens with one attached hydrogen (secondary N) is 2. The smallest absolute Gasteiger partial charge is 0.349 e. The van der Waals surface area contributed by atoms with Gasteiger partial charge in [-0.1, -0.05) is 29.3 Å². The fourth-order valence-corrected chi connectivity index (χ4v) is 5.71. The number of aliphatic imine (C=N–C) groups is 1. The van der Waals surface area contributed by atoms with Crippen LogP contribution in [0.25, 0.3) is 11.0 Å². The molecule has 12 nitrogen and oxygen atoms in total. The minimum atomic E-state index is -1.78. The Balaban J connectivity index is 1.36. The number of β-amino-alcohol motifs (C(OH)–C–C–N with tert-alkyl or cyclic N) is 1. The maximum atomic E-state index is 13.2. The summed E-state index contributed by atoms with van der Waals surface area (Å²) in [5, 5.41) is 34.1. The van der Waals surface area contributed by atoms with Crippen molar-refractivity contribution < 1.29 is 29.0 Å². The normalized spacial score (nSPS) is 17.6. The molecule has 212 valence electrons. The monoisotopic (exact) mass is 598 g/mol. The van der Waals surface area contributed by atoms with Gasteiger partial charge in [0.25, 0.3) is 11.8 Å². The molecule has 2 aliphatic heterocycles. The first-order valence-electron chi connectivity index (χ1n) is 12.6. The molecule has 0 spiro atoms. The number of carboxylic acids is 1. The van der Waals surface area contributed by atoms with Crippen LogP contribution >= 0.6 is 23.2 Å². The Morgan fingerprint density at radius 2 is 1.98 bits per heavy atom. The predicted molar refractivity (Wildman–Crippen MR) is 148 cm³/mol. The van der Waals surface area contributed by atoms with Crippen LogP contribution < -0.4 is 10.6 Å². The molecule has 2 amide bonds. The molecule has 3 heterocycles. The highest BCUT2D eigenvalue weighted by Crippen LogP contribution is 2.35. The summed E-state index contributed by atoms with van der Waals surface area (Å²) in [5.74, 6) is -2.66. The lowest BCUT2D eigenvalue weighted by Gasteiger charge is -2.30. The molecule has 0 radical (unpaired) electrons. The highest BCUT2D eigenvalue weighted by atomic mass is 35.5. The average Bonchev–Trinajstić information content (AvgIpc) is 3.60. The number of aliphatic hydroxyl groups is 1. The number of guanidine groups is 1. The van der Waals surface area contributed by atoms with E-state index in [0.29, 0.717) is 48.2 Å². The lowest BCUT2D eigenvalue weighted by atomic mass is 9.96. The molecule has 0 aliphatic carbocycles. The van der Waals surface area contributed by atoms with Crippen molar-refractivity contribution in [2.75, 3.05) is 19.6 Å². The van der Waals surface area contributed by atoms with Crippen molar-refractivity contribution in [1.82, 2.24) is 20.4 Å². The van der Waals surface area contributed by atoms with E-state index in [9.17, 15) is 24.6 Å². The van der Waals surface area contributed by atoms with Crippen molar-refractivity contribution in [3.8, 4) is 6.19 Å². The number of benzene rings is 2. The molecule has 0 bridgehead atoms. The van der Waals surface area contributed by atoms with E-state index in [1.165, 1.54) is 4.90 Å². The number of aliphatic carboxylic acids is 1. The van der Waals surface area contributed by atoms with Gasteiger partial charge >= 0.3 is 5.97 Å². The van der Waals surface area contributed by atoms with E-state index in [-0.39, 0.29) is 40.6 Å². The molecule has 2 aromatic carbocycles. The number of nitrogens with zero attached hydrogens (tertiary/aromatic N) is 4. The number of carbonyl (C=O) groups excluding carboxylic acids is 2. The number of hydrogen-bond acceptors (Lipinski definition) is 7. The zero-order chi connectivity index (χ0) is 29.3. The zero-order valence-corrected chi connectivity index (χ0v) is 22.9. The van der Waals surface area contributed by atoms with Crippen LogP contribution in [0.15, 0.2) is 46.0 Å². The summed E-state index contributed by atoms with van der Waals surface area (Å²) < 4.78 is 5.41. The molecule has 3 aromatic rings. The van der Waals surface area contributed by atoms with Gasteiger partial charge in [0.2, 0.25) is 12.1 Å². The van der Waals surface area contributed by atoms with Crippen LogP contribution in [0.4, 0.5) is 0 Å². The maximum absolute atomic E-state index is 13.2. The van der Waals surface area contributed by atoms with E-state index in [2.05, 4.69) is 15.6 Å². The van der Waals surface area contributed by atoms with E-state index < -0.39 is 24.1 Å². The van der Waals surface area contributed by atoms with Gasteiger partial charge in [-0.3, -0.25) is 14.9 Å². The van der Waals surface area contributed by atoms with E-state index >= 15 is 0 Å². The number of carbonyl (C=O) groups is 3. The van der Waals surface area contributed by atoms with E-state index in [1.54, 1.807) is 35.6 Å². The van der Waals surface area contributed by atoms with Crippen molar-refractivity contribution in [3.05, 3.63) is 68.9 Å². The quantitative estimate of drug-likeness (QED) is 0.149. The van der Waals surface area contributed by atoms with Crippen LogP contribution in [-0.2, 0) is 17.8 Å². The Hall–Kier alpha value is -4.31. The van der Waals surface area contributed by atoms with Crippen LogP contribution in [0.1, 0.15) is 38.3 Å². The molecule has 2 aliphatic rings. The van der Waals surface area contributed by atoms with Gasteiger partial charge in [0.05, 0.1) is 28.0 Å². The highest BCUT2D eigenvalue weighted by molar-refractivity contribution is 6.40. The van der Waals surface area contributed by atoms with Gasteiger partial charge in [0.15, 0.2) is 6.19 Å². The zero-order valence-electron chi connectivity index (χ0n) is 21.4. The lowest BCUT2D eigenvalue weighted by Crippen LogP contribution is -2.45. The SMILES string of the molecule is N#CN/C(=N\[C@H](NC(=O)c1c(Cl)cc2c(c1Cl)CCN(C(=O)c1ccc3ccoc3c1)C2)C(=O)O)N1CC[C@H](O)C1. The topological polar surface area (TPSA) is 172 Å². The van der Waals surface area contributed by atoms with Gasteiger partial charge in [-0.15, -0.1) is 0 Å². The molecule has 4 N–H and O–H groups in total. The Labute approximate surface area is 243 Å². The maximum Gasteiger partial charge on any atom is 0.349 e. The third kappa shape index (κ3) is 5.78. The molecule has 2 atom stereocenters. The van der Waals surface area contributed by atoms with Gasteiger partial charge in [-0.05, 0) is 48.2 Å². The Bertz CT molecular complexity index is 1620. The van der Waals surface area contributed by atoms with E-state index in [4.69, 9.17) is 32.9 Å². The number of nitriles is 1. The van der Waals surface area contributed by atoms with Crippen LogP contribution in [0, 0.1) is 11.5 Å². The summed E-state index contributed by atoms with van der Waals surface area (Å²) in [4.78, 5) is 45.5. The minimum Gasteiger partial charge on any atom is -0.478 e. The highest BCUT2D eigenvalue weighted by Gasteiger charge is 2.31. The number of halogens is 2. The van der Waals surface area contributed by atoms with Gasteiger partial charge in [-0.2, -0.15) is 5.26 Å². The van der Waals surface area contributed by atoms with Crippen molar-refractivity contribution >= 4 is 57.9 Å². The third-order valence-corrected chi connectivity index (χ3v) is 7.72. The summed E-state index contributed by atoms with van der Waals surface area (Å²) in [6.45, 7) is 1.03. The fraction of sp³-hybridized carbons (Fsp3) is 0.296. The number of carboxylic acid groups (broad SMARTS) is 1. The standard InChI is InChI=1S/C27H24Cl2N6O6/c28-19-9-16-11-34(25(38)15-2-1-14-5-8-41-20(14)10-15)7-4-18(16)22(29)21(19)24(37)32-23(26(39)40)33-27(31-13-30)35-6-3-17(36)12-35/h1-2,5,8-10,17,23,36H,3-4,6-7,11-12H2,(H,31,33)(H,32,37)(H,39,40)/t17-,23-/m0/s1. The number of fused-ring (bicyclic) bond motifs is 2. The molecule has 0 unspecified atom stereocenters. The second kappa shape index (κ2) is 11.7. The number of furan rings is 1. The van der Waals surface area contributed by atoms with Crippen molar-refractivity contribution in [1.29, 1.82) is 5.26 Å². The largest absolute Gasteiger partial charge is 0.478 e. The van der Waals surface area contributed by atoms with Gasteiger partial charge in [-0.25, -0.2) is 9.79 Å².